The van der Waals surface area contributed by atoms with Gasteiger partial charge in [-0.1, -0.05) is 11.6 Å². The van der Waals surface area contributed by atoms with Crippen LogP contribution in [0.1, 0.15) is 18.2 Å². The Kier molecular flexibility index (Phi) is 4.74. The topological polar surface area (TPSA) is 47.0 Å². The largest absolute Gasteiger partial charge is 0.382 e. The van der Waals surface area contributed by atoms with Crippen molar-refractivity contribution in [3.05, 3.63) is 16.1 Å². The van der Waals surface area contributed by atoms with E-state index >= 15 is 0 Å². The van der Waals surface area contributed by atoms with E-state index in [2.05, 4.69) is 15.3 Å². The molecule has 0 fully saturated rings. The van der Waals surface area contributed by atoms with E-state index in [1.807, 2.05) is 19.9 Å². The number of thiophene rings is 1. The minimum absolute atomic E-state index is 0.511. The average molecular weight is 286 g/mol. The predicted molar refractivity (Wildman–Crippen MR) is 76.8 cm³/mol. The quantitative estimate of drug-likeness (QED) is 0.652. The summed E-state index contributed by atoms with van der Waals surface area (Å²) in [6.07, 6.45) is 0.927. The first-order chi connectivity index (χ1) is 8.70. The molecular weight excluding hydrogens is 270 g/mol. The van der Waals surface area contributed by atoms with Gasteiger partial charge in [-0.05, 0) is 26.3 Å². The normalized spacial score (nSPS) is 11.1. The lowest BCUT2D eigenvalue weighted by Crippen LogP contribution is -2.08. The second kappa shape index (κ2) is 6.31. The van der Waals surface area contributed by atoms with E-state index in [1.54, 1.807) is 11.3 Å². The van der Waals surface area contributed by atoms with Crippen LogP contribution in [0.25, 0.3) is 10.2 Å². The maximum Gasteiger partial charge on any atom is 0.225 e. The Morgan fingerprint density at radius 2 is 2.28 bits per heavy atom. The summed E-state index contributed by atoms with van der Waals surface area (Å²) >= 11 is 7.76. The van der Waals surface area contributed by atoms with Gasteiger partial charge >= 0.3 is 0 Å². The first kappa shape index (κ1) is 13.5. The van der Waals surface area contributed by atoms with Crippen molar-refractivity contribution in [2.75, 3.05) is 25.1 Å². The van der Waals surface area contributed by atoms with Crippen LogP contribution in [0.3, 0.4) is 0 Å². The lowest BCUT2D eigenvalue weighted by atomic mass is 10.4. The van der Waals surface area contributed by atoms with Crippen molar-refractivity contribution in [3.8, 4) is 0 Å². The molecule has 1 N–H and O–H groups in total. The number of aromatic nitrogens is 2. The first-order valence-corrected chi connectivity index (χ1v) is 7.15. The van der Waals surface area contributed by atoms with E-state index in [1.165, 1.54) is 4.88 Å². The number of fused-ring (bicyclic) bond motifs is 1. The molecule has 0 aliphatic carbocycles. The zero-order valence-corrected chi connectivity index (χ0v) is 12.1. The summed E-state index contributed by atoms with van der Waals surface area (Å²) in [5.74, 6) is 0.589. The zero-order chi connectivity index (χ0) is 13.0. The molecule has 0 bridgehead atoms. The average Bonchev–Trinajstić information content (AvgIpc) is 2.70. The maximum absolute atomic E-state index is 6.13. The molecule has 0 amide bonds. The SMILES string of the molecule is CCOCCCNc1nc(Cl)c2cc(C)sc2n1. The van der Waals surface area contributed by atoms with Crippen LogP contribution in [0.15, 0.2) is 6.07 Å². The number of hydrogen-bond acceptors (Lipinski definition) is 5. The van der Waals surface area contributed by atoms with Crippen molar-refractivity contribution in [2.24, 2.45) is 0 Å². The molecule has 0 saturated carbocycles. The molecule has 0 saturated heterocycles. The molecule has 0 aromatic carbocycles. The van der Waals surface area contributed by atoms with Crippen LogP contribution in [0.2, 0.25) is 5.15 Å². The van der Waals surface area contributed by atoms with E-state index in [0.717, 1.165) is 36.4 Å². The van der Waals surface area contributed by atoms with Crippen LogP contribution < -0.4 is 5.32 Å². The van der Waals surface area contributed by atoms with E-state index in [0.29, 0.717) is 11.1 Å². The predicted octanol–water partition coefficient (Wildman–Crippen LogP) is 3.49. The molecule has 4 nitrogen and oxygen atoms in total. The lowest BCUT2D eigenvalue weighted by Gasteiger charge is -2.05. The first-order valence-electron chi connectivity index (χ1n) is 5.96. The summed E-state index contributed by atoms with van der Waals surface area (Å²) in [7, 11) is 0. The molecule has 2 aromatic rings. The number of ether oxygens (including phenoxy) is 1. The Bertz CT molecular complexity index is 529. The van der Waals surface area contributed by atoms with Crippen LogP contribution in [0.5, 0.6) is 0 Å². The molecule has 18 heavy (non-hydrogen) atoms. The van der Waals surface area contributed by atoms with Gasteiger partial charge in [0.1, 0.15) is 9.98 Å². The molecule has 98 valence electrons. The van der Waals surface area contributed by atoms with Gasteiger partial charge < -0.3 is 10.1 Å². The van der Waals surface area contributed by atoms with Crippen molar-refractivity contribution in [1.82, 2.24) is 9.97 Å². The minimum Gasteiger partial charge on any atom is -0.382 e. The molecule has 2 rings (SSSR count). The number of nitrogens with zero attached hydrogens (tertiary/aromatic N) is 2. The third-order valence-corrected chi connectivity index (χ3v) is 3.65. The molecule has 2 aromatic heterocycles. The van der Waals surface area contributed by atoms with Crippen LogP contribution >= 0.6 is 22.9 Å². The summed E-state index contributed by atoms with van der Waals surface area (Å²) in [5, 5.41) is 4.61. The van der Waals surface area contributed by atoms with Crippen LogP contribution in [0.4, 0.5) is 5.95 Å². The van der Waals surface area contributed by atoms with E-state index < -0.39 is 0 Å². The summed E-state index contributed by atoms with van der Waals surface area (Å²) in [4.78, 5) is 10.8. The molecule has 6 heteroatoms. The number of aryl methyl sites for hydroxylation is 1. The Labute approximate surface area is 115 Å². The van der Waals surface area contributed by atoms with E-state index in [-0.39, 0.29) is 0 Å². The number of nitrogens with one attached hydrogen (secondary N) is 1. The Balaban J connectivity index is 2.00. The minimum atomic E-state index is 0.511. The van der Waals surface area contributed by atoms with Crippen molar-refractivity contribution in [3.63, 3.8) is 0 Å². The van der Waals surface area contributed by atoms with Gasteiger partial charge in [-0.15, -0.1) is 11.3 Å². The third-order valence-electron chi connectivity index (χ3n) is 2.42. The van der Waals surface area contributed by atoms with Crippen molar-refractivity contribution in [1.29, 1.82) is 0 Å². The fourth-order valence-electron chi connectivity index (χ4n) is 1.60. The molecule has 0 radical (unpaired) electrons. The van der Waals surface area contributed by atoms with Crippen molar-refractivity contribution < 1.29 is 4.74 Å². The Morgan fingerprint density at radius 1 is 1.44 bits per heavy atom. The molecule has 2 heterocycles. The Hall–Kier alpha value is -0.910. The van der Waals surface area contributed by atoms with Gasteiger partial charge in [-0.2, -0.15) is 0 Å². The summed E-state index contributed by atoms with van der Waals surface area (Å²) in [6, 6.07) is 2.02. The third kappa shape index (κ3) is 3.31. The van der Waals surface area contributed by atoms with Gasteiger partial charge in [0.15, 0.2) is 0 Å². The van der Waals surface area contributed by atoms with Crippen LogP contribution in [-0.4, -0.2) is 29.7 Å². The number of halogens is 1. The summed E-state index contributed by atoms with van der Waals surface area (Å²) < 4.78 is 5.26. The lowest BCUT2D eigenvalue weighted by molar-refractivity contribution is 0.147. The number of anilines is 1. The van der Waals surface area contributed by atoms with E-state index in [4.69, 9.17) is 16.3 Å². The number of rotatable bonds is 6. The van der Waals surface area contributed by atoms with Gasteiger partial charge in [-0.25, -0.2) is 9.97 Å². The van der Waals surface area contributed by atoms with Gasteiger partial charge in [0.25, 0.3) is 0 Å². The second-order valence-corrected chi connectivity index (χ2v) is 5.48. The fraction of sp³-hybridized carbons (Fsp3) is 0.500. The van der Waals surface area contributed by atoms with Gasteiger partial charge in [0.05, 0.1) is 0 Å². The highest BCUT2D eigenvalue weighted by molar-refractivity contribution is 7.18. The zero-order valence-electron chi connectivity index (χ0n) is 10.5. The van der Waals surface area contributed by atoms with Gasteiger partial charge in [0.2, 0.25) is 5.95 Å². The van der Waals surface area contributed by atoms with Crippen molar-refractivity contribution >= 4 is 39.1 Å². The highest BCUT2D eigenvalue weighted by Crippen LogP contribution is 2.29. The van der Waals surface area contributed by atoms with Crippen molar-refractivity contribution in [2.45, 2.75) is 20.3 Å². The van der Waals surface area contributed by atoms with Crippen LogP contribution in [0, 0.1) is 6.92 Å². The highest BCUT2D eigenvalue weighted by atomic mass is 35.5. The van der Waals surface area contributed by atoms with E-state index in [9.17, 15) is 0 Å². The molecular formula is C12H16ClN3OS. The molecule has 0 aliphatic rings. The highest BCUT2D eigenvalue weighted by Gasteiger charge is 2.08. The molecule has 0 spiro atoms. The van der Waals surface area contributed by atoms with Crippen LogP contribution in [-0.2, 0) is 4.74 Å². The standard InChI is InChI=1S/C12H16ClN3OS/c1-3-17-6-4-5-14-12-15-10(13)9-7-8(2)18-11(9)16-12/h7H,3-6H2,1-2H3,(H,14,15,16). The maximum atomic E-state index is 6.13. The summed E-state index contributed by atoms with van der Waals surface area (Å²) in [5.41, 5.74) is 0. The molecule has 0 atom stereocenters. The molecule has 0 aliphatic heterocycles. The van der Waals surface area contributed by atoms with Gasteiger partial charge in [-0.3, -0.25) is 0 Å². The smallest absolute Gasteiger partial charge is 0.225 e. The van der Waals surface area contributed by atoms with Gasteiger partial charge in [0, 0.05) is 30.0 Å². The Morgan fingerprint density at radius 3 is 3.06 bits per heavy atom. The molecule has 0 unspecified atom stereocenters. The number of hydrogen-bond donors (Lipinski definition) is 1. The summed E-state index contributed by atoms with van der Waals surface area (Å²) in [6.45, 7) is 6.31. The second-order valence-electron chi connectivity index (χ2n) is 3.89. The fourth-order valence-corrected chi connectivity index (χ4v) is 2.76. The monoisotopic (exact) mass is 285 g/mol.